The van der Waals surface area contributed by atoms with Crippen LogP contribution in [0.2, 0.25) is 0 Å². The van der Waals surface area contributed by atoms with Crippen LogP contribution in [0.15, 0.2) is 67.6 Å². The summed E-state index contributed by atoms with van der Waals surface area (Å²) in [6.07, 6.45) is 6.22. The standard InChI is InChI=1S/C25H21F2N5O2/c1-2-22(33)31-12-4-5-17(14-31)32-25-19(13-28-15-29-25)23(30-32)16-8-10-18(11-9-16)34-24-20(26)6-3-7-21(24)27/h2-3,6-11,13,15,17H,1,4-5,12,14H2. The molecule has 1 unspecified atom stereocenters. The lowest BCUT2D eigenvalue weighted by molar-refractivity contribution is -0.127. The van der Waals surface area contributed by atoms with E-state index in [1.54, 1.807) is 35.4 Å². The number of likely N-dealkylation sites (tertiary alicyclic amines) is 1. The minimum atomic E-state index is -0.776. The van der Waals surface area contributed by atoms with Crippen LogP contribution in [0.5, 0.6) is 11.5 Å². The first kappa shape index (κ1) is 21.7. The van der Waals surface area contributed by atoms with Crippen molar-refractivity contribution < 1.29 is 18.3 Å². The summed E-state index contributed by atoms with van der Waals surface area (Å²) in [5.41, 5.74) is 2.12. The molecule has 1 aliphatic rings. The fourth-order valence-electron chi connectivity index (χ4n) is 4.21. The number of hydrogen-bond donors (Lipinski definition) is 0. The van der Waals surface area contributed by atoms with Crippen molar-refractivity contribution in [2.24, 2.45) is 0 Å². The van der Waals surface area contributed by atoms with Crippen molar-refractivity contribution in [1.29, 1.82) is 0 Å². The van der Waals surface area contributed by atoms with Crippen molar-refractivity contribution in [1.82, 2.24) is 24.6 Å². The number of ether oxygens (including phenoxy) is 1. The molecule has 34 heavy (non-hydrogen) atoms. The van der Waals surface area contributed by atoms with Crippen molar-refractivity contribution in [3.05, 3.63) is 79.3 Å². The number of nitrogens with zero attached hydrogens (tertiary/aromatic N) is 5. The Kier molecular flexibility index (Phi) is 5.75. The molecule has 3 heterocycles. The number of carbonyl (C=O) groups is 1. The highest BCUT2D eigenvalue weighted by Crippen LogP contribution is 2.33. The number of fused-ring (bicyclic) bond motifs is 1. The van der Waals surface area contributed by atoms with E-state index >= 15 is 0 Å². The zero-order valence-corrected chi connectivity index (χ0v) is 18.2. The molecule has 0 radical (unpaired) electrons. The number of piperidine rings is 1. The van der Waals surface area contributed by atoms with Crippen molar-refractivity contribution in [3.63, 3.8) is 0 Å². The van der Waals surface area contributed by atoms with E-state index in [0.717, 1.165) is 35.9 Å². The molecule has 1 aliphatic heterocycles. The van der Waals surface area contributed by atoms with Crippen LogP contribution in [0.3, 0.4) is 0 Å². The van der Waals surface area contributed by atoms with Crippen LogP contribution in [-0.4, -0.2) is 43.6 Å². The van der Waals surface area contributed by atoms with E-state index in [0.29, 0.717) is 30.2 Å². The van der Waals surface area contributed by atoms with E-state index in [1.807, 2.05) is 4.68 Å². The van der Waals surface area contributed by atoms with Gasteiger partial charge in [0.05, 0.1) is 11.4 Å². The zero-order chi connectivity index (χ0) is 23.7. The largest absolute Gasteiger partial charge is 0.451 e. The average Bonchev–Trinajstić information content (AvgIpc) is 3.26. The van der Waals surface area contributed by atoms with Gasteiger partial charge in [0.2, 0.25) is 5.91 Å². The summed E-state index contributed by atoms with van der Waals surface area (Å²) in [7, 11) is 0. The monoisotopic (exact) mass is 461 g/mol. The summed E-state index contributed by atoms with van der Waals surface area (Å²) in [4.78, 5) is 22.5. The molecule has 1 amide bonds. The lowest BCUT2D eigenvalue weighted by Crippen LogP contribution is -2.40. The van der Waals surface area contributed by atoms with E-state index in [1.165, 1.54) is 18.5 Å². The summed E-state index contributed by atoms with van der Waals surface area (Å²) in [5, 5.41) is 5.60. The van der Waals surface area contributed by atoms with Crippen LogP contribution in [0, 0.1) is 11.6 Å². The highest BCUT2D eigenvalue weighted by Gasteiger charge is 2.27. The van der Waals surface area contributed by atoms with Crippen molar-refractivity contribution in [2.75, 3.05) is 13.1 Å². The topological polar surface area (TPSA) is 73.1 Å². The highest BCUT2D eigenvalue weighted by molar-refractivity contribution is 5.90. The molecule has 172 valence electrons. The van der Waals surface area contributed by atoms with Gasteiger partial charge in [0.1, 0.15) is 17.8 Å². The van der Waals surface area contributed by atoms with Gasteiger partial charge in [-0.05, 0) is 55.3 Å². The molecule has 0 bridgehead atoms. The Balaban J connectivity index is 1.46. The molecule has 9 heteroatoms. The van der Waals surface area contributed by atoms with Gasteiger partial charge in [-0.3, -0.25) is 4.79 Å². The molecule has 2 aromatic heterocycles. The van der Waals surface area contributed by atoms with Crippen LogP contribution in [0.1, 0.15) is 18.9 Å². The number of para-hydroxylation sites is 1. The Labute approximate surface area is 194 Å². The second kappa shape index (κ2) is 9.01. The van der Waals surface area contributed by atoms with Gasteiger partial charge in [-0.2, -0.15) is 5.10 Å². The molecule has 0 N–H and O–H groups in total. The lowest BCUT2D eigenvalue weighted by Gasteiger charge is -2.32. The summed E-state index contributed by atoms with van der Waals surface area (Å²) in [6.45, 7) is 4.79. The Bertz CT molecular complexity index is 1350. The fraction of sp³-hybridized carbons (Fsp3) is 0.200. The molecule has 0 saturated carbocycles. The molecular formula is C25H21F2N5O2. The van der Waals surface area contributed by atoms with E-state index in [9.17, 15) is 13.6 Å². The molecule has 1 atom stereocenters. The fourth-order valence-corrected chi connectivity index (χ4v) is 4.21. The Morgan fingerprint density at radius 1 is 1.15 bits per heavy atom. The predicted octanol–water partition coefficient (Wildman–Crippen LogP) is 4.91. The van der Waals surface area contributed by atoms with Crippen LogP contribution in [-0.2, 0) is 4.79 Å². The molecule has 7 nitrogen and oxygen atoms in total. The number of rotatable bonds is 5. The predicted molar refractivity (Wildman–Crippen MR) is 122 cm³/mol. The van der Waals surface area contributed by atoms with Gasteiger partial charge in [-0.15, -0.1) is 0 Å². The quantitative estimate of drug-likeness (QED) is 0.395. The van der Waals surface area contributed by atoms with Crippen LogP contribution in [0.25, 0.3) is 22.3 Å². The second-order valence-electron chi connectivity index (χ2n) is 8.01. The Morgan fingerprint density at radius 2 is 1.91 bits per heavy atom. The SMILES string of the molecule is C=CC(=O)N1CCCC(n2nc(-c3ccc(Oc4c(F)cccc4F)cc3)c3cncnc32)C1. The van der Waals surface area contributed by atoms with Crippen LogP contribution < -0.4 is 4.74 Å². The molecule has 0 spiro atoms. The van der Waals surface area contributed by atoms with E-state index in [2.05, 4.69) is 16.5 Å². The number of amides is 1. The first-order valence-corrected chi connectivity index (χ1v) is 10.9. The van der Waals surface area contributed by atoms with Crippen molar-refractivity contribution in [2.45, 2.75) is 18.9 Å². The van der Waals surface area contributed by atoms with E-state index < -0.39 is 17.4 Å². The number of carbonyl (C=O) groups excluding carboxylic acids is 1. The number of benzene rings is 2. The van der Waals surface area contributed by atoms with Crippen LogP contribution >= 0.6 is 0 Å². The van der Waals surface area contributed by atoms with Gasteiger partial charge in [0.25, 0.3) is 0 Å². The Morgan fingerprint density at radius 3 is 2.65 bits per heavy atom. The summed E-state index contributed by atoms with van der Waals surface area (Å²) in [5.74, 6) is -1.81. The van der Waals surface area contributed by atoms with Gasteiger partial charge in [0.15, 0.2) is 23.0 Å². The molecule has 5 rings (SSSR count). The summed E-state index contributed by atoms with van der Waals surface area (Å²) >= 11 is 0. The summed E-state index contributed by atoms with van der Waals surface area (Å²) < 4.78 is 35.1. The van der Waals surface area contributed by atoms with Gasteiger partial charge in [-0.25, -0.2) is 23.4 Å². The summed E-state index contributed by atoms with van der Waals surface area (Å²) in [6, 6.07) is 10.3. The third-order valence-corrected chi connectivity index (χ3v) is 5.87. The Hall–Kier alpha value is -4.14. The second-order valence-corrected chi connectivity index (χ2v) is 8.01. The molecule has 1 fully saturated rings. The van der Waals surface area contributed by atoms with E-state index in [4.69, 9.17) is 9.84 Å². The van der Waals surface area contributed by atoms with Gasteiger partial charge >= 0.3 is 0 Å². The minimum absolute atomic E-state index is 0.0320. The van der Waals surface area contributed by atoms with E-state index in [-0.39, 0.29) is 11.9 Å². The number of hydrogen-bond acceptors (Lipinski definition) is 5. The molecule has 0 aliphatic carbocycles. The maximum Gasteiger partial charge on any atom is 0.246 e. The van der Waals surface area contributed by atoms with Gasteiger partial charge in [0, 0.05) is 24.8 Å². The molecule has 1 saturated heterocycles. The first-order valence-electron chi connectivity index (χ1n) is 10.9. The molecular weight excluding hydrogens is 440 g/mol. The van der Waals surface area contributed by atoms with Gasteiger partial charge in [-0.1, -0.05) is 12.6 Å². The smallest absolute Gasteiger partial charge is 0.246 e. The van der Waals surface area contributed by atoms with Crippen LogP contribution in [0.4, 0.5) is 8.78 Å². The highest BCUT2D eigenvalue weighted by atomic mass is 19.1. The van der Waals surface area contributed by atoms with Crippen molar-refractivity contribution in [3.8, 4) is 22.8 Å². The van der Waals surface area contributed by atoms with Gasteiger partial charge < -0.3 is 9.64 Å². The normalized spacial score (nSPS) is 15.9. The maximum absolute atomic E-state index is 13.9. The maximum atomic E-state index is 13.9. The number of halogens is 2. The molecule has 4 aromatic rings. The third-order valence-electron chi connectivity index (χ3n) is 5.87. The number of aromatic nitrogens is 4. The zero-order valence-electron chi connectivity index (χ0n) is 18.2. The minimum Gasteiger partial charge on any atom is -0.451 e. The molecule has 2 aromatic carbocycles. The average molecular weight is 461 g/mol. The van der Waals surface area contributed by atoms with Crippen molar-refractivity contribution >= 4 is 16.9 Å². The first-order chi connectivity index (χ1) is 16.5. The lowest BCUT2D eigenvalue weighted by atomic mass is 10.1. The third kappa shape index (κ3) is 4.00.